The molecule has 0 aromatic heterocycles. The summed E-state index contributed by atoms with van der Waals surface area (Å²) in [5.74, 6) is 1.09. The molecule has 1 aliphatic carbocycles. The molecule has 0 N–H and O–H groups in total. The lowest BCUT2D eigenvalue weighted by Gasteiger charge is -2.17. The molecule has 0 bridgehead atoms. The van der Waals surface area contributed by atoms with Gasteiger partial charge in [-0.1, -0.05) is 141 Å². The summed E-state index contributed by atoms with van der Waals surface area (Å²) in [5.41, 5.74) is 2.85. The van der Waals surface area contributed by atoms with Gasteiger partial charge in [0.1, 0.15) is 0 Å². The quantitative estimate of drug-likeness (QED) is 0.425. The van der Waals surface area contributed by atoms with E-state index in [2.05, 4.69) is 99.2 Å². The third kappa shape index (κ3) is 31.6. The van der Waals surface area contributed by atoms with E-state index in [1.54, 1.807) is 0 Å². The minimum Gasteiger partial charge on any atom is -0.103 e. The van der Waals surface area contributed by atoms with Gasteiger partial charge in [-0.25, -0.2) is 0 Å². The standard InChI is InChI=1S/C11H16.C8H16.C7H14.4CH4/c1-11(2,3)9-10-7-5-4-6-8-10;1-8(2,3)6-7-4-5-7;1-5-6-7(2,3)4;;;;/h4-8H,9H2,1-3H3;7H,4-6H2,1-3H3;5H,1,6H2,2-4H3;4*1H4. The van der Waals surface area contributed by atoms with Gasteiger partial charge in [0.15, 0.2) is 0 Å². The van der Waals surface area contributed by atoms with Crippen molar-refractivity contribution in [3.63, 3.8) is 0 Å². The van der Waals surface area contributed by atoms with E-state index >= 15 is 0 Å². The minimum absolute atomic E-state index is 0. The van der Waals surface area contributed by atoms with Crippen molar-refractivity contribution in [3.05, 3.63) is 48.6 Å². The lowest BCUT2D eigenvalue weighted by atomic mass is 9.88. The zero-order chi connectivity index (χ0) is 20.4. The van der Waals surface area contributed by atoms with Gasteiger partial charge in [-0.15, -0.1) is 6.58 Å². The van der Waals surface area contributed by atoms with Crippen LogP contribution in [0.15, 0.2) is 43.0 Å². The van der Waals surface area contributed by atoms with Crippen LogP contribution in [0.25, 0.3) is 0 Å². The van der Waals surface area contributed by atoms with Gasteiger partial charge in [-0.2, -0.15) is 0 Å². The van der Waals surface area contributed by atoms with Crippen LogP contribution in [-0.4, -0.2) is 0 Å². The molecule has 0 heterocycles. The van der Waals surface area contributed by atoms with E-state index in [1.165, 1.54) is 24.8 Å². The molecule has 30 heavy (non-hydrogen) atoms. The molecule has 0 amide bonds. The Morgan fingerprint density at radius 2 is 1.17 bits per heavy atom. The second kappa shape index (κ2) is 17.6. The number of rotatable bonds is 3. The SMILES string of the molecule is C.C.C.C.C=CCC(C)(C)C.CC(C)(C)CC1CC1.CC(C)(C)Cc1ccccc1. The highest BCUT2D eigenvalue weighted by atomic mass is 14.3. The van der Waals surface area contributed by atoms with Crippen molar-refractivity contribution in [1.29, 1.82) is 0 Å². The maximum atomic E-state index is 3.65. The van der Waals surface area contributed by atoms with Crippen LogP contribution >= 0.6 is 0 Å². The molecule has 0 aliphatic heterocycles. The Kier molecular flexibility index (Phi) is 23.2. The normalized spacial score (nSPS) is 12.6. The zero-order valence-electron chi connectivity index (χ0n) is 19.3. The molecule has 0 nitrogen and oxygen atoms in total. The van der Waals surface area contributed by atoms with E-state index in [0.29, 0.717) is 16.2 Å². The molecular weight excluding hydrogens is 360 g/mol. The summed E-state index contributed by atoms with van der Waals surface area (Å²) in [6, 6.07) is 10.6. The highest BCUT2D eigenvalue weighted by Gasteiger charge is 2.26. The average Bonchev–Trinajstić information content (AvgIpc) is 3.19. The second-order valence-corrected chi connectivity index (χ2v) is 11.5. The highest BCUT2D eigenvalue weighted by molar-refractivity contribution is 5.15. The lowest BCUT2D eigenvalue weighted by molar-refractivity contribution is 0.354. The van der Waals surface area contributed by atoms with Gasteiger partial charge >= 0.3 is 0 Å². The van der Waals surface area contributed by atoms with Crippen LogP contribution in [0, 0.1) is 22.2 Å². The van der Waals surface area contributed by atoms with Gasteiger partial charge in [0, 0.05) is 0 Å². The van der Waals surface area contributed by atoms with Gasteiger partial charge in [0.2, 0.25) is 0 Å². The summed E-state index contributed by atoms with van der Waals surface area (Å²) < 4.78 is 0. The molecule has 1 saturated carbocycles. The average molecular weight is 423 g/mol. The Balaban J connectivity index is -0.000000100. The Hall–Kier alpha value is -1.04. The second-order valence-electron chi connectivity index (χ2n) is 11.5. The van der Waals surface area contributed by atoms with E-state index < -0.39 is 0 Å². The van der Waals surface area contributed by atoms with Crippen LogP contribution in [0.4, 0.5) is 0 Å². The third-order valence-corrected chi connectivity index (χ3v) is 3.93. The Bertz CT molecular complexity index is 470. The fraction of sp³-hybridized carbons (Fsp3) is 0.733. The van der Waals surface area contributed by atoms with E-state index in [0.717, 1.165) is 18.8 Å². The Labute approximate surface area is 195 Å². The summed E-state index contributed by atoms with van der Waals surface area (Å²) >= 11 is 0. The molecule has 0 radical (unpaired) electrons. The molecule has 0 saturated heterocycles. The van der Waals surface area contributed by atoms with Crippen molar-refractivity contribution < 1.29 is 0 Å². The van der Waals surface area contributed by atoms with Crippen molar-refractivity contribution >= 4 is 0 Å². The molecule has 1 aromatic carbocycles. The molecule has 0 unspecified atom stereocenters. The summed E-state index contributed by atoms with van der Waals surface area (Å²) in [6.45, 7) is 24.0. The number of hydrogen-bond donors (Lipinski definition) is 0. The first-order chi connectivity index (χ1) is 11.7. The van der Waals surface area contributed by atoms with Gasteiger partial charge in [-0.05, 0) is 47.0 Å². The van der Waals surface area contributed by atoms with E-state index in [-0.39, 0.29) is 29.7 Å². The van der Waals surface area contributed by atoms with Crippen molar-refractivity contribution in [2.75, 3.05) is 0 Å². The van der Waals surface area contributed by atoms with E-state index in [4.69, 9.17) is 0 Å². The summed E-state index contributed by atoms with van der Waals surface area (Å²) in [7, 11) is 0. The maximum Gasteiger partial charge on any atom is -0.0230 e. The molecule has 0 heteroatoms. The first-order valence-corrected chi connectivity index (χ1v) is 10.4. The number of allylic oxidation sites excluding steroid dienone is 1. The Morgan fingerprint density at radius 1 is 0.733 bits per heavy atom. The number of benzene rings is 1. The lowest BCUT2D eigenvalue weighted by Crippen LogP contribution is -2.08. The molecule has 0 atom stereocenters. The molecule has 1 fully saturated rings. The van der Waals surface area contributed by atoms with Gasteiger partial charge < -0.3 is 0 Å². The molecule has 0 spiro atoms. The molecule has 182 valence electrons. The van der Waals surface area contributed by atoms with Crippen LogP contribution in [0.3, 0.4) is 0 Å². The summed E-state index contributed by atoms with van der Waals surface area (Å²) in [5, 5.41) is 0. The maximum absolute atomic E-state index is 3.65. The topological polar surface area (TPSA) is 0 Å². The molecular formula is C30H62. The summed E-state index contributed by atoms with van der Waals surface area (Å²) in [4.78, 5) is 0. The summed E-state index contributed by atoms with van der Waals surface area (Å²) in [6.07, 6.45) is 8.66. The highest BCUT2D eigenvalue weighted by Crippen LogP contribution is 2.39. The van der Waals surface area contributed by atoms with Crippen molar-refractivity contribution in [1.82, 2.24) is 0 Å². The largest absolute Gasteiger partial charge is 0.103 e. The predicted octanol–water partition coefficient (Wildman–Crippen LogP) is 11.3. The minimum atomic E-state index is 0. The van der Waals surface area contributed by atoms with E-state index in [9.17, 15) is 0 Å². The van der Waals surface area contributed by atoms with Crippen LogP contribution in [0.1, 0.15) is 123 Å². The Morgan fingerprint density at radius 3 is 1.37 bits per heavy atom. The van der Waals surface area contributed by atoms with E-state index in [1.807, 2.05) is 6.08 Å². The van der Waals surface area contributed by atoms with Gasteiger partial charge in [-0.3, -0.25) is 0 Å². The van der Waals surface area contributed by atoms with Crippen molar-refractivity contribution in [2.24, 2.45) is 22.2 Å². The first kappa shape index (κ1) is 39.4. The molecule has 2 rings (SSSR count). The smallest absolute Gasteiger partial charge is 0.0230 e. The van der Waals surface area contributed by atoms with Crippen LogP contribution < -0.4 is 0 Å². The fourth-order valence-electron chi connectivity index (χ4n) is 2.83. The fourth-order valence-corrected chi connectivity index (χ4v) is 2.83. The van der Waals surface area contributed by atoms with Crippen LogP contribution in [0.2, 0.25) is 0 Å². The number of hydrogen-bond acceptors (Lipinski definition) is 0. The molecule has 1 aromatic rings. The monoisotopic (exact) mass is 422 g/mol. The molecule has 1 aliphatic rings. The van der Waals surface area contributed by atoms with Crippen molar-refractivity contribution in [2.45, 2.75) is 124 Å². The van der Waals surface area contributed by atoms with Crippen molar-refractivity contribution in [3.8, 4) is 0 Å². The predicted molar refractivity (Wildman–Crippen MR) is 148 cm³/mol. The van der Waals surface area contributed by atoms with Gasteiger partial charge in [0.25, 0.3) is 0 Å². The first-order valence-electron chi connectivity index (χ1n) is 10.4. The zero-order valence-corrected chi connectivity index (χ0v) is 19.3. The van der Waals surface area contributed by atoms with Crippen LogP contribution in [-0.2, 0) is 6.42 Å². The van der Waals surface area contributed by atoms with Crippen LogP contribution in [0.5, 0.6) is 0 Å². The third-order valence-electron chi connectivity index (χ3n) is 3.93. The van der Waals surface area contributed by atoms with Gasteiger partial charge in [0.05, 0.1) is 0 Å².